The molecule has 29 heavy (non-hydrogen) atoms. The van der Waals surface area contributed by atoms with Crippen LogP contribution in [-0.4, -0.2) is 47.8 Å². The number of piperazine rings is 1. The van der Waals surface area contributed by atoms with Crippen LogP contribution in [0.2, 0.25) is 5.02 Å². The van der Waals surface area contributed by atoms with E-state index in [4.69, 9.17) is 21.1 Å². The van der Waals surface area contributed by atoms with E-state index in [-0.39, 0.29) is 18.6 Å². The zero-order valence-electron chi connectivity index (χ0n) is 16.8. The first-order valence-corrected chi connectivity index (χ1v) is 9.78. The van der Waals surface area contributed by atoms with Gasteiger partial charge in [-0.1, -0.05) is 23.7 Å². The number of anilines is 1. The molecule has 1 amide bonds. The number of nitrogens with zero attached hydrogens (tertiary/aromatic N) is 4. The van der Waals surface area contributed by atoms with Crippen LogP contribution in [0.5, 0.6) is 5.88 Å². The van der Waals surface area contributed by atoms with Crippen molar-refractivity contribution in [3.8, 4) is 5.88 Å². The third kappa shape index (κ3) is 6.12. The summed E-state index contributed by atoms with van der Waals surface area (Å²) in [5.41, 5.74) is 0.353. The molecule has 1 fully saturated rings. The molecule has 8 nitrogen and oxygen atoms in total. The minimum Gasteiger partial charge on any atom is -0.618 e. The van der Waals surface area contributed by atoms with Crippen molar-refractivity contribution in [1.82, 2.24) is 9.88 Å². The highest BCUT2D eigenvalue weighted by atomic mass is 35.5. The largest absolute Gasteiger partial charge is 0.618 e. The lowest BCUT2D eigenvalue weighted by Crippen LogP contribution is -2.50. The second-order valence-electron chi connectivity index (χ2n) is 7.80. The summed E-state index contributed by atoms with van der Waals surface area (Å²) < 4.78 is 11.8. The van der Waals surface area contributed by atoms with Crippen LogP contribution in [0.25, 0.3) is 0 Å². The van der Waals surface area contributed by atoms with Gasteiger partial charge in [0.15, 0.2) is 5.82 Å². The van der Waals surface area contributed by atoms with Crippen molar-refractivity contribution in [2.75, 3.05) is 31.1 Å². The summed E-state index contributed by atoms with van der Waals surface area (Å²) in [6.07, 6.45) is 2.35. The molecule has 2 heterocycles. The van der Waals surface area contributed by atoms with Gasteiger partial charge in [0.05, 0.1) is 0 Å². The lowest BCUT2D eigenvalue weighted by atomic mass is 10.2. The monoisotopic (exact) mass is 420 g/mol. The number of aromatic nitrogens is 2. The number of hydrogen-bond acceptors (Lipinski definition) is 6. The van der Waals surface area contributed by atoms with Crippen molar-refractivity contribution >= 4 is 23.5 Å². The molecule has 1 saturated heterocycles. The van der Waals surface area contributed by atoms with E-state index < -0.39 is 5.60 Å². The Hall–Kier alpha value is -2.74. The summed E-state index contributed by atoms with van der Waals surface area (Å²) in [4.78, 5) is 20.2. The minimum atomic E-state index is -0.529. The van der Waals surface area contributed by atoms with E-state index in [1.54, 1.807) is 17.0 Å². The maximum absolute atomic E-state index is 12.2. The van der Waals surface area contributed by atoms with Crippen LogP contribution in [0.1, 0.15) is 26.3 Å². The number of hydrogen-bond donors (Lipinski definition) is 0. The molecular formula is C20H25ClN4O4. The van der Waals surface area contributed by atoms with Gasteiger partial charge in [-0.25, -0.2) is 4.79 Å². The maximum Gasteiger partial charge on any atom is 0.410 e. The summed E-state index contributed by atoms with van der Waals surface area (Å²) in [7, 11) is 0. The Bertz CT molecular complexity index is 864. The van der Waals surface area contributed by atoms with Crippen LogP contribution in [0.3, 0.4) is 0 Å². The number of amides is 1. The van der Waals surface area contributed by atoms with Crippen molar-refractivity contribution in [1.29, 1.82) is 0 Å². The zero-order valence-corrected chi connectivity index (χ0v) is 17.6. The molecule has 9 heteroatoms. The van der Waals surface area contributed by atoms with Gasteiger partial charge in [-0.15, -0.1) is 0 Å². The van der Waals surface area contributed by atoms with E-state index in [1.807, 2.05) is 37.8 Å². The molecule has 0 spiro atoms. The first-order valence-electron chi connectivity index (χ1n) is 9.40. The van der Waals surface area contributed by atoms with Gasteiger partial charge >= 0.3 is 6.09 Å². The fourth-order valence-electron chi connectivity index (χ4n) is 2.88. The Morgan fingerprint density at radius 3 is 2.62 bits per heavy atom. The Kier molecular flexibility index (Phi) is 6.32. The third-order valence-electron chi connectivity index (χ3n) is 4.24. The summed E-state index contributed by atoms with van der Waals surface area (Å²) in [6, 6.07) is 7.30. The molecule has 0 saturated carbocycles. The molecule has 0 unspecified atom stereocenters. The lowest BCUT2D eigenvalue weighted by molar-refractivity contribution is -0.605. The van der Waals surface area contributed by atoms with Gasteiger partial charge in [0.2, 0.25) is 12.4 Å². The van der Waals surface area contributed by atoms with Gasteiger partial charge < -0.3 is 24.5 Å². The quantitative estimate of drug-likeness (QED) is 0.558. The molecule has 2 aromatic rings. The minimum absolute atomic E-state index is 0.229. The Balaban J connectivity index is 1.61. The summed E-state index contributed by atoms with van der Waals surface area (Å²) in [5.74, 6) is 0.736. The Labute approximate surface area is 175 Å². The van der Waals surface area contributed by atoms with Crippen molar-refractivity contribution in [3.63, 3.8) is 0 Å². The highest BCUT2D eigenvalue weighted by Crippen LogP contribution is 2.18. The van der Waals surface area contributed by atoms with Crippen LogP contribution < -0.4 is 14.4 Å². The van der Waals surface area contributed by atoms with Crippen LogP contribution in [0, 0.1) is 5.21 Å². The van der Waals surface area contributed by atoms with E-state index >= 15 is 0 Å². The average molecular weight is 421 g/mol. The topological polar surface area (TPSA) is 81.8 Å². The van der Waals surface area contributed by atoms with Gasteiger partial charge in [0, 0.05) is 31.2 Å². The van der Waals surface area contributed by atoms with Gasteiger partial charge in [0.1, 0.15) is 12.2 Å². The average Bonchev–Trinajstić information content (AvgIpc) is 2.65. The molecule has 0 N–H and O–H groups in total. The highest BCUT2D eigenvalue weighted by molar-refractivity contribution is 6.30. The van der Waals surface area contributed by atoms with E-state index in [1.165, 1.54) is 12.4 Å². The molecule has 1 aliphatic heterocycles. The summed E-state index contributed by atoms with van der Waals surface area (Å²) in [5, 5.41) is 12.6. The second kappa shape index (κ2) is 8.73. The highest BCUT2D eigenvalue weighted by Gasteiger charge is 2.27. The molecule has 1 aromatic heterocycles. The van der Waals surface area contributed by atoms with Crippen molar-refractivity contribution < 1.29 is 19.0 Å². The number of carbonyl (C=O) groups is 1. The summed E-state index contributed by atoms with van der Waals surface area (Å²) in [6.45, 7) is 7.84. The van der Waals surface area contributed by atoms with Crippen molar-refractivity contribution in [2.45, 2.75) is 33.0 Å². The normalized spacial score (nSPS) is 14.6. The predicted octanol–water partition coefficient (Wildman–Crippen LogP) is 3.00. The number of carbonyl (C=O) groups excluding carboxylic acids is 1. The Morgan fingerprint density at radius 1 is 1.24 bits per heavy atom. The molecule has 0 bridgehead atoms. The van der Waals surface area contributed by atoms with Crippen LogP contribution in [0.15, 0.2) is 36.7 Å². The van der Waals surface area contributed by atoms with E-state index in [9.17, 15) is 10.0 Å². The number of benzene rings is 1. The fourth-order valence-corrected chi connectivity index (χ4v) is 3.09. The van der Waals surface area contributed by atoms with Crippen LogP contribution >= 0.6 is 11.6 Å². The predicted molar refractivity (Wildman–Crippen MR) is 109 cm³/mol. The SMILES string of the molecule is CC(C)(C)OC(=O)N1CCN(c2c[n+]([O-])cc(OCc3cccc(Cl)c3)n2)CC1. The van der Waals surface area contributed by atoms with Crippen molar-refractivity contribution in [2.24, 2.45) is 0 Å². The lowest BCUT2D eigenvalue weighted by Gasteiger charge is -2.35. The third-order valence-corrected chi connectivity index (χ3v) is 4.47. The molecule has 156 valence electrons. The maximum atomic E-state index is 12.2. The molecule has 1 aromatic carbocycles. The molecule has 0 atom stereocenters. The molecule has 0 aliphatic carbocycles. The molecule has 1 aliphatic rings. The van der Waals surface area contributed by atoms with Crippen LogP contribution in [-0.2, 0) is 11.3 Å². The smallest absolute Gasteiger partial charge is 0.410 e. The number of rotatable bonds is 4. The molecule has 3 rings (SSSR count). The van der Waals surface area contributed by atoms with E-state index in [0.29, 0.717) is 41.7 Å². The molecule has 0 radical (unpaired) electrons. The van der Waals surface area contributed by atoms with Gasteiger partial charge in [-0.05, 0) is 38.5 Å². The fraction of sp³-hybridized carbons (Fsp3) is 0.450. The van der Waals surface area contributed by atoms with E-state index in [0.717, 1.165) is 5.56 Å². The van der Waals surface area contributed by atoms with Gasteiger partial charge in [-0.3, -0.25) is 0 Å². The van der Waals surface area contributed by atoms with Gasteiger partial charge in [-0.2, -0.15) is 9.71 Å². The van der Waals surface area contributed by atoms with Crippen molar-refractivity contribution in [3.05, 3.63) is 52.5 Å². The molecular weight excluding hydrogens is 396 g/mol. The summed E-state index contributed by atoms with van der Waals surface area (Å²) >= 11 is 5.98. The van der Waals surface area contributed by atoms with Gasteiger partial charge in [0.25, 0.3) is 5.88 Å². The van der Waals surface area contributed by atoms with Crippen LogP contribution in [0.4, 0.5) is 10.6 Å². The number of ether oxygens (including phenoxy) is 2. The van der Waals surface area contributed by atoms with E-state index in [2.05, 4.69) is 4.98 Å². The Morgan fingerprint density at radius 2 is 1.97 bits per heavy atom. The number of halogens is 1. The first-order chi connectivity index (χ1) is 13.7. The zero-order chi connectivity index (χ0) is 21.0. The second-order valence-corrected chi connectivity index (χ2v) is 8.24. The first kappa shape index (κ1) is 21.0. The standard InChI is InChI=1S/C20H25ClN4O4/c1-20(2,3)29-19(26)24-9-7-23(8-10-24)17-12-25(27)13-18(22-17)28-14-15-5-4-6-16(21)11-15/h4-6,11-13H,7-10,14H2,1-3H3.